The van der Waals surface area contributed by atoms with Gasteiger partial charge in [-0.2, -0.15) is 0 Å². The molecule has 7 nitrogen and oxygen atoms in total. The van der Waals surface area contributed by atoms with Crippen molar-refractivity contribution in [3.63, 3.8) is 0 Å². The van der Waals surface area contributed by atoms with E-state index in [1.807, 2.05) is 24.3 Å². The summed E-state index contributed by atoms with van der Waals surface area (Å²) < 4.78 is 0. The maximum atomic E-state index is 12.8. The van der Waals surface area contributed by atoms with Crippen LogP contribution in [-0.2, 0) is 9.59 Å². The van der Waals surface area contributed by atoms with Gasteiger partial charge in [0.25, 0.3) is 5.91 Å². The number of hydrogen-bond acceptors (Lipinski definition) is 4. The zero-order valence-corrected chi connectivity index (χ0v) is 18.8. The summed E-state index contributed by atoms with van der Waals surface area (Å²) in [5, 5.41) is 3.41. The Morgan fingerprint density at radius 2 is 1.75 bits per heavy atom. The molecule has 3 amide bonds. The number of para-hydroxylation sites is 1. The molecule has 0 spiro atoms. The largest absolute Gasteiger partial charge is 0.368 e. The van der Waals surface area contributed by atoms with E-state index < -0.39 is 0 Å². The first-order chi connectivity index (χ1) is 15.4. The highest BCUT2D eigenvalue weighted by Crippen LogP contribution is 2.33. The number of carbonyl (C=O) groups is 3. The molecule has 0 bridgehead atoms. The summed E-state index contributed by atoms with van der Waals surface area (Å²) in [5.41, 5.74) is 1.99. The predicted octanol–water partition coefficient (Wildman–Crippen LogP) is 2.79. The lowest BCUT2D eigenvalue weighted by Crippen LogP contribution is -2.51. The summed E-state index contributed by atoms with van der Waals surface area (Å²) in [6, 6.07) is 14.7. The van der Waals surface area contributed by atoms with Gasteiger partial charge in [-0.1, -0.05) is 29.8 Å². The highest BCUT2D eigenvalue weighted by atomic mass is 35.5. The molecule has 8 heteroatoms. The number of anilines is 2. The zero-order chi connectivity index (χ0) is 22.7. The fraction of sp³-hybridized carbons (Fsp3) is 0.375. The number of halogens is 1. The van der Waals surface area contributed by atoms with E-state index in [1.54, 1.807) is 41.1 Å². The van der Waals surface area contributed by atoms with Gasteiger partial charge >= 0.3 is 0 Å². The first-order valence-electron chi connectivity index (χ1n) is 10.9. The highest BCUT2D eigenvalue weighted by molar-refractivity contribution is 6.30. The van der Waals surface area contributed by atoms with E-state index in [1.165, 1.54) is 0 Å². The van der Waals surface area contributed by atoms with Crippen LogP contribution in [0, 0.1) is 5.92 Å². The van der Waals surface area contributed by atoms with Gasteiger partial charge < -0.3 is 20.0 Å². The van der Waals surface area contributed by atoms with Gasteiger partial charge in [-0.3, -0.25) is 14.4 Å². The van der Waals surface area contributed by atoms with Crippen molar-refractivity contribution in [1.29, 1.82) is 0 Å². The molecular weight excluding hydrogens is 428 g/mol. The Morgan fingerprint density at radius 3 is 2.44 bits per heavy atom. The number of rotatable bonds is 6. The Hall–Kier alpha value is -3.06. The third-order valence-electron chi connectivity index (χ3n) is 5.97. The number of amides is 3. The molecule has 1 heterocycles. The minimum atomic E-state index is -0.359. The molecule has 0 unspecified atom stereocenters. The summed E-state index contributed by atoms with van der Waals surface area (Å²) in [6.07, 6.45) is 1.80. The van der Waals surface area contributed by atoms with Gasteiger partial charge in [-0.05, 0) is 43.2 Å². The van der Waals surface area contributed by atoms with Gasteiger partial charge in [0.1, 0.15) is 0 Å². The predicted molar refractivity (Wildman–Crippen MR) is 125 cm³/mol. The van der Waals surface area contributed by atoms with Crippen molar-refractivity contribution in [1.82, 2.24) is 10.2 Å². The second kappa shape index (κ2) is 9.61. The molecule has 1 aliphatic heterocycles. The van der Waals surface area contributed by atoms with Crippen LogP contribution in [-0.4, -0.2) is 62.4 Å². The molecule has 2 aromatic carbocycles. The number of nitrogens with one attached hydrogen (secondary N) is 1. The molecule has 4 rings (SSSR count). The molecule has 168 valence electrons. The minimum Gasteiger partial charge on any atom is -0.368 e. The van der Waals surface area contributed by atoms with Gasteiger partial charge in [0.2, 0.25) is 11.8 Å². The van der Waals surface area contributed by atoms with Crippen LogP contribution in [0.15, 0.2) is 48.5 Å². The van der Waals surface area contributed by atoms with Crippen LogP contribution in [0.4, 0.5) is 11.4 Å². The molecule has 32 heavy (non-hydrogen) atoms. The molecular formula is C24H27ClN4O3. The van der Waals surface area contributed by atoms with Gasteiger partial charge in [-0.25, -0.2) is 0 Å². The molecule has 1 aliphatic carbocycles. The standard InChI is InChI=1S/C24H27ClN4O3/c1-27(24(32)17-9-10-17)21-8-3-2-7-20(21)23(31)26-16-22(30)29-13-11-28(12-14-29)19-6-4-5-18(25)15-19/h2-8,15,17H,9-14,16H2,1H3,(H,26,31). The molecule has 1 N–H and O–H groups in total. The van der Waals surface area contributed by atoms with Crippen molar-refractivity contribution >= 4 is 40.7 Å². The second-order valence-corrected chi connectivity index (χ2v) is 8.66. The number of carbonyl (C=O) groups excluding carboxylic acids is 3. The Morgan fingerprint density at radius 1 is 1.03 bits per heavy atom. The Kier molecular flexibility index (Phi) is 6.65. The topological polar surface area (TPSA) is 73.0 Å². The van der Waals surface area contributed by atoms with E-state index in [4.69, 9.17) is 11.6 Å². The van der Waals surface area contributed by atoms with E-state index in [-0.39, 0.29) is 30.2 Å². The van der Waals surface area contributed by atoms with Gasteiger partial charge in [-0.15, -0.1) is 0 Å². The molecule has 0 aromatic heterocycles. The monoisotopic (exact) mass is 454 g/mol. The number of nitrogens with zero attached hydrogens (tertiary/aromatic N) is 3. The molecule has 2 fully saturated rings. The molecule has 0 radical (unpaired) electrons. The first-order valence-corrected chi connectivity index (χ1v) is 11.2. The van der Waals surface area contributed by atoms with E-state index >= 15 is 0 Å². The number of hydrogen-bond donors (Lipinski definition) is 1. The van der Waals surface area contributed by atoms with Crippen LogP contribution in [0.1, 0.15) is 23.2 Å². The summed E-state index contributed by atoms with van der Waals surface area (Å²) >= 11 is 6.08. The highest BCUT2D eigenvalue weighted by Gasteiger charge is 2.33. The maximum absolute atomic E-state index is 12.8. The SMILES string of the molecule is CN(C(=O)C1CC1)c1ccccc1C(=O)NCC(=O)N1CCN(c2cccc(Cl)c2)CC1. The van der Waals surface area contributed by atoms with Crippen molar-refractivity contribution in [2.45, 2.75) is 12.8 Å². The minimum absolute atomic E-state index is 0.0268. The van der Waals surface area contributed by atoms with Crippen molar-refractivity contribution < 1.29 is 14.4 Å². The fourth-order valence-corrected chi connectivity index (χ4v) is 4.12. The van der Waals surface area contributed by atoms with Crippen LogP contribution >= 0.6 is 11.6 Å². The second-order valence-electron chi connectivity index (χ2n) is 8.22. The lowest BCUT2D eigenvalue weighted by molar-refractivity contribution is -0.130. The molecule has 0 atom stereocenters. The first kappa shape index (κ1) is 22.1. The smallest absolute Gasteiger partial charge is 0.253 e. The van der Waals surface area contributed by atoms with E-state index in [0.29, 0.717) is 42.5 Å². The average Bonchev–Trinajstić information content (AvgIpc) is 3.67. The van der Waals surface area contributed by atoms with E-state index in [0.717, 1.165) is 18.5 Å². The maximum Gasteiger partial charge on any atom is 0.253 e. The number of benzene rings is 2. The van der Waals surface area contributed by atoms with Crippen molar-refractivity contribution in [2.75, 3.05) is 49.6 Å². The Bertz CT molecular complexity index is 1020. The quantitative estimate of drug-likeness (QED) is 0.728. The Labute approximate surface area is 192 Å². The van der Waals surface area contributed by atoms with Gasteiger partial charge in [0.05, 0.1) is 17.8 Å². The summed E-state index contributed by atoms with van der Waals surface area (Å²) in [6.45, 7) is 2.49. The fourth-order valence-electron chi connectivity index (χ4n) is 3.93. The molecule has 2 aromatic rings. The van der Waals surface area contributed by atoms with Gasteiger partial charge in [0.15, 0.2) is 0 Å². The lowest BCUT2D eigenvalue weighted by Gasteiger charge is -2.36. The third-order valence-corrected chi connectivity index (χ3v) is 6.21. The molecule has 1 saturated heterocycles. The van der Waals surface area contributed by atoms with Crippen LogP contribution < -0.4 is 15.1 Å². The summed E-state index contributed by atoms with van der Waals surface area (Å²) in [7, 11) is 1.69. The van der Waals surface area contributed by atoms with Gasteiger partial charge in [0, 0.05) is 49.9 Å². The summed E-state index contributed by atoms with van der Waals surface area (Å²) in [5.74, 6) is -0.395. The van der Waals surface area contributed by atoms with Crippen LogP contribution in [0.3, 0.4) is 0 Å². The molecule has 2 aliphatic rings. The Balaban J connectivity index is 1.31. The zero-order valence-electron chi connectivity index (χ0n) is 18.1. The lowest BCUT2D eigenvalue weighted by atomic mass is 10.1. The van der Waals surface area contributed by atoms with Crippen LogP contribution in [0.25, 0.3) is 0 Å². The van der Waals surface area contributed by atoms with Crippen molar-refractivity contribution in [3.05, 3.63) is 59.1 Å². The van der Waals surface area contributed by atoms with E-state index in [2.05, 4.69) is 10.2 Å². The third kappa shape index (κ3) is 5.05. The van der Waals surface area contributed by atoms with Crippen LogP contribution in [0.5, 0.6) is 0 Å². The van der Waals surface area contributed by atoms with Crippen LogP contribution in [0.2, 0.25) is 5.02 Å². The summed E-state index contributed by atoms with van der Waals surface area (Å²) in [4.78, 5) is 43.4. The number of piperazine rings is 1. The van der Waals surface area contributed by atoms with Crippen molar-refractivity contribution in [3.8, 4) is 0 Å². The normalized spacial score (nSPS) is 15.9. The van der Waals surface area contributed by atoms with Crippen molar-refractivity contribution in [2.24, 2.45) is 5.92 Å². The van der Waals surface area contributed by atoms with E-state index in [9.17, 15) is 14.4 Å². The average molecular weight is 455 g/mol. The molecule has 1 saturated carbocycles.